The van der Waals surface area contributed by atoms with Crippen molar-refractivity contribution in [2.24, 2.45) is 0 Å². The third-order valence-corrected chi connectivity index (χ3v) is 6.57. The number of carbonyl (C=O) groups excluding carboxylic acids is 2. The molecule has 0 bridgehead atoms. The highest BCUT2D eigenvalue weighted by Crippen LogP contribution is 2.45. The van der Waals surface area contributed by atoms with E-state index < -0.39 is 17.7 Å². The van der Waals surface area contributed by atoms with E-state index in [2.05, 4.69) is 0 Å². The van der Waals surface area contributed by atoms with Gasteiger partial charge in [0.2, 0.25) is 0 Å². The standard InChI is InChI=1S/C29H28ClNO6/c1-29(2,3)20-13-17(10-11-22(20)36-4)26(33)24-25(16-9-12-23(37-5)21(32)14-16)31(28(35)27(24)34)19-8-6-7-18(30)15-19/h6-15,25,32-33H,1-5H3/b26-24-. The lowest BCUT2D eigenvalue weighted by molar-refractivity contribution is -0.132. The molecule has 0 saturated carbocycles. The Labute approximate surface area is 220 Å². The summed E-state index contributed by atoms with van der Waals surface area (Å²) in [6.07, 6.45) is 0. The second-order valence-corrected chi connectivity index (χ2v) is 10.2. The molecule has 37 heavy (non-hydrogen) atoms. The van der Waals surface area contributed by atoms with Crippen molar-refractivity contribution in [3.05, 3.63) is 87.9 Å². The normalized spacial score (nSPS) is 17.2. The van der Waals surface area contributed by atoms with Crippen LogP contribution < -0.4 is 14.4 Å². The van der Waals surface area contributed by atoms with Crippen LogP contribution in [0.4, 0.5) is 5.69 Å². The molecule has 1 saturated heterocycles. The lowest BCUT2D eigenvalue weighted by Gasteiger charge is -2.26. The number of rotatable bonds is 5. The highest BCUT2D eigenvalue weighted by Gasteiger charge is 2.47. The van der Waals surface area contributed by atoms with Gasteiger partial charge in [-0.05, 0) is 59.5 Å². The van der Waals surface area contributed by atoms with E-state index in [1.54, 1.807) is 55.6 Å². The van der Waals surface area contributed by atoms with E-state index in [1.165, 1.54) is 24.1 Å². The summed E-state index contributed by atoms with van der Waals surface area (Å²) in [6, 6.07) is 15.2. The Morgan fingerprint density at radius 2 is 1.62 bits per heavy atom. The first-order valence-electron chi connectivity index (χ1n) is 11.6. The Hall–Kier alpha value is -3.97. The molecular formula is C29H28ClNO6. The number of halogens is 1. The molecule has 1 amide bonds. The first-order chi connectivity index (χ1) is 17.5. The summed E-state index contributed by atoms with van der Waals surface area (Å²) < 4.78 is 10.7. The van der Waals surface area contributed by atoms with Crippen molar-refractivity contribution < 1.29 is 29.3 Å². The first-order valence-corrected chi connectivity index (χ1v) is 12.0. The summed E-state index contributed by atoms with van der Waals surface area (Å²) in [4.78, 5) is 28.1. The number of hydrogen-bond donors (Lipinski definition) is 2. The smallest absolute Gasteiger partial charge is 0.300 e. The van der Waals surface area contributed by atoms with Crippen LogP contribution in [0.3, 0.4) is 0 Å². The summed E-state index contributed by atoms with van der Waals surface area (Å²) in [5.74, 6) is -1.32. The molecule has 1 aliphatic heterocycles. The fourth-order valence-electron chi connectivity index (χ4n) is 4.51. The second-order valence-electron chi connectivity index (χ2n) is 9.75. The molecule has 192 valence electrons. The zero-order chi connectivity index (χ0) is 27.1. The minimum Gasteiger partial charge on any atom is -0.507 e. The number of phenols is 1. The predicted molar refractivity (Wildman–Crippen MR) is 143 cm³/mol. The largest absolute Gasteiger partial charge is 0.507 e. The first kappa shape index (κ1) is 26.1. The van der Waals surface area contributed by atoms with Crippen molar-refractivity contribution in [1.82, 2.24) is 0 Å². The topological polar surface area (TPSA) is 96.3 Å². The minimum absolute atomic E-state index is 0.112. The van der Waals surface area contributed by atoms with E-state index in [0.717, 1.165) is 5.56 Å². The molecule has 3 aromatic carbocycles. The van der Waals surface area contributed by atoms with Crippen molar-refractivity contribution >= 4 is 34.7 Å². The number of amides is 1. The number of aliphatic hydroxyl groups is 1. The third-order valence-electron chi connectivity index (χ3n) is 6.33. The van der Waals surface area contributed by atoms with Crippen LogP contribution in [0, 0.1) is 0 Å². The van der Waals surface area contributed by atoms with Crippen LogP contribution in [0.25, 0.3) is 5.76 Å². The number of phenolic OH excluding ortho intramolecular Hbond substituents is 1. The lowest BCUT2D eigenvalue weighted by atomic mass is 9.84. The van der Waals surface area contributed by atoms with Crippen LogP contribution in [0.5, 0.6) is 17.2 Å². The number of methoxy groups -OCH3 is 2. The van der Waals surface area contributed by atoms with E-state index in [-0.39, 0.29) is 28.2 Å². The molecule has 1 fully saturated rings. The lowest BCUT2D eigenvalue weighted by Crippen LogP contribution is -2.29. The number of Topliss-reactive ketones (excluding diaryl/α,β-unsaturated/α-hetero) is 1. The highest BCUT2D eigenvalue weighted by atomic mass is 35.5. The van der Waals surface area contributed by atoms with Gasteiger partial charge in [0.1, 0.15) is 11.5 Å². The van der Waals surface area contributed by atoms with Gasteiger partial charge in [0.25, 0.3) is 11.7 Å². The average Bonchev–Trinajstić information content (AvgIpc) is 3.12. The van der Waals surface area contributed by atoms with E-state index in [0.29, 0.717) is 27.6 Å². The number of carbonyl (C=O) groups is 2. The fraction of sp³-hybridized carbons (Fsp3) is 0.241. The van der Waals surface area contributed by atoms with Gasteiger partial charge >= 0.3 is 0 Å². The van der Waals surface area contributed by atoms with Gasteiger partial charge in [-0.1, -0.05) is 44.5 Å². The minimum atomic E-state index is -1.03. The molecule has 1 heterocycles. The SMILES string of the molecule is COc1ccc(C2/C(=C(/O)c3ccc(OC)c(C(C)(C)C)c3)C(=O)C(=O)N2c2cccc(Cl)c2)cc1O. The van der Waals surface area contributed by atoms with E-state index in [1.807, 2.05) is 20.8 Å². The van der Waals surface area contributed by atoms with Gasteiger partial charge in [-0.2, -0.15) is 0 Å². The van der Waals surface area contributed by atoms with Crippen molar-refractivity contribution in [3.63, 3.8) is 0 Å². The number of aliphatic hydroxyl groups excluding tert-OH is 1. The summed E-state index contributed by atoms with van der Waals surface area (Å²) in [5.41, 5.74) is 1.53. The number of ketones is 1. The van der Waals surface area contributed by atoms with Gasteiger partial charge < -0.3 is 19.7 Å². The summed E-state index contributed by atoms with van der Waals surface area (Å²) in [5, 5.41) is 22.4. The van der Waals surface area contributed by atoms with Crippen LogP contribution in [0.1, 0.15) is 43.5 Å². The molecule has 0 radical (unpaired) electrons. The Kier molecular flexibility index (Phi) is 6.93. The van der Waals surface area contributed by atoms with Gasteiger partial charge in [0.15, 0.2) is 11.5 Å². The van der Waals surface area contributed by atoms with Crippen molar-refractivity contribution in [2.75, 3.05) is 19.1 Å². The highest BCUT2D eigenvalue weighted by molar-refractivity contribution is 6.51. The summed E-state index contributed by atoms with van der Waals surface area (Å²) in [6.45, 7) is 6.02. The Morgan fingerprint density at radius 3 is 2.22 bits per heavy atom. The molecule has 1 aliphatic rings. The van der Waals surface area contributed by atoms with Crippen LogP contribution in [0.2, 0.25) is 5.02 Å². The molecule has 8 heteroatoms. The number of hydrogen-bond acceptors (Lipinski definition) is 6. The van der Waals surface area contributed by atoms with Gasteiger partial charge in [-0.25, -0.2) is 0 Å². The van der Waals surface area contributed by atoms with E-state index in [4.69, 9.17) is 21.1 Å². The molecule has 0 spiro atoms. The van der Waals surface area contributed by atoms with Crippen molar-refractivity contribution in [2.45, 2.75) is 32.2 Å². The van der Waals surface area contributed by atoms with E-state index >= 15 is 0 Å². The third kappa shape index (κ3) is 4.74. The zero-order valence-corrected chi connectivity index (χ0v) is 22.0. The molecule has 1 unspecified atom stereocenters. The quantitative estimate of drug-likeness (QED) is 0.243. The molecule has 0 aliphatic carbocycles. The second kappa shape index (κ2) is 9.82. The van der Waals surface area contributed by atoms with Gasteiger partial charge in [-0.15, -0.1) is 0 Å². The maximum atomic E-state index is 13.4. The number of ether oxygens (including phenoxy) is 2. The molecule has 2 N–H and O–H groups in total. The Balaban J connectivity index is 1.98. The molecule has 1 atom stereocenters. The predicted octanol–water partition coefficient (Wildman–Crippen LogP) is 5.99. The molecule has 4 rings (SSSR count). The van der Waals surface area contributed by atoms with Crippen molar-refractivity contribution in [3.8, 4) is 17.2 Å². The van der Waals surface area contributed by atoms with Gasteiger partial charge in [0.05, 0.1) is 25.8 Å². The molecular weight excluding hydrogens is 494 g/mol. The maximum Gasteiger partial charge on any atom is 0.300 e. The van der Waals surface area contributed by atoms with Crippen LogP contribution in [-0.2, 0) is 15.0 Å². The van der Waals surface area contributed by atoms with E-state index in [9.17, 15) is 19.8 Å². The maximum absolute atomic E-state index is 13.4. The summed E-state index contributed by atoms with van der Waals surface area (Å²) >= 11 is 6.20. The molecule has 3 aromatic rings. The Morgan fingerprint density at radius 1 is 0.946 bits per heavy atom. The number of anilines is 1. The van der Waals surface area contributed by atoms with Gasteiger partial charge in [0, 0.05) is 21.8 Å². The van der Waals surface area contributed by atoms with Crippen LogP contribution in [0.15, 0.2) is 66.2 Å². The van der Waals surface area contributed by atoms with Gasteiger partial charge in [-0.3, -0.25) is 14.5 Å². The molecule has 0 aromatic heterocycles. The summed E-state index contributed by atoms with van der Waals surface area (Å²) in [7, 11) is 2.99. The van der Waals surface area contributed by atoms with Crippen LogP contribution >= 0.6 is 11.6 Å². The monoisotopic (exact) mass is 521 g/mol. The van der Waals surface area contributed by atoms with Crippen molar-refractivity contribution in [1.29, 1.82) is 0 Å². The number of benzene rings is 3. The number of nitrogens with zero attached hydrogens (tertiary/aromatic N) is 1. The number of aromatic hydroxyl groups is 1. The zero-order valence-electron chi connectivity index (χ0n) is 21.2. The average molecular weight is 522 g/mol. The fourth-order valence-corrected chi connectivity index (χ4v) is 4.70. The van der Waals surface area contributed by atoms with Crippen LogP contribution in [-0.4, -0.2) is 36.1 Å². The molecule has 7 nitrogen and oxygen atoms in total. The Bertz CT molecular complexity index is 1420.